The van der Waals surface area contributed by atoms with E-state index in [1.165, 1.54) is 77.3 Å². The van der Waals surface area contributed by atoms with E-state index < -0.39 is 0 Å². The lowest BCUT2D eigenvalue weighted by Gasteiger charge is -2.34. The average Bonchev–Trinajstić information content (AvgIpc) is 2.95. The summed E-state index contributed by atoms with van der Waals surface area (Å²) >= 11 is 0. The molecule has 2 aliphatic heterocycles. The van der Waals surface area contributed by atoms with Gasteiger partial charge in [-0.3, -0.25) is 9.80 Å². The monoisotopic (exact) mass is 566 g/mol. The molecule has 0 N–H and O–H groups in total. The third-order valence-electron chi connectivity index (χ3n) is 7.61. The molecule has 2 saturated heterocycles. The van der Waals surface area contributed by atoms with Gasteiger partial charge in [-0.05, 0) is 38.1 Å². The van der Waals surface area contributed by atoms with Crippen molar-refractivity contribution in [2.45, 2.75) is 64.2 Å². The fraction of sp³-hybridized carbons (Fsp3) is 0.714. The minimum absolute atomic E-state index is 0. The second-order valence-corrected chi connectivity index (χ2v) is 10.3. The van der Waals surface area contributed by atoms with E-state index >= 15 is 0 Å². The molecule has 2 aromatic rings. The Hall–Kier alpha value is -1.74. The van der Waals surface area contributed by atoms with Crippen LogP contribution in [0.4, 0.5) is 11.9 Å². The maximum atomic E-state index is 4.38. The molecular formula is C28H48Cl2N8. The Labute approximate surface area is 242 Å². The van der Waals surface area contributed by atoms with E-state index in [1.807, 2.05) is 36.9 Å². The second-order valence-electron chi connectivity index (χ2n) is 10.3. The van der Waals surface area contributed by atoms with Crippen LogP contribution < -0.4 is 9.80 Å². The molecule has 38 heavy (non-hydrogen) atoms. The number of hydrogen-bond acceptors (Lipinski definition) is 8. The van der Waals surface area contributed by atoms with Gasteiger partial charge in [0.05, 0.1) is 0 Å². The Morgan fingerprint density at radius 1 is 0.421 bits per heavy atom. The first-order chi connectivity index (χ1) is 17.9. The van der Waals surface area contributed by atoms with Crippen LogP contribution in [-0.2, 0) is 0 Å². The highest BCUT2D eigenvalue weighted by atomic mass is 35.5. The Morgan fingerprint density at radius 3 is 1.03 bits per heavy atom. The molecule has 0 unspecified atom stereocenters. The van der Waals surface area contributed by atoms with Crippen molar-refractivity contribution < 1.29 is 0 Å². The topological polar surface area (TPSA) is 64.5 Å². The van der Waals surface area contributed by atoms with Gasteiger partial charge >= 0.3 is 0 Å². The van der Waals surface area contributed by atoms with Gasteiger partial charge in [0.2, 0.25) is 11.9 Å². The van der Waals surface area contributed by atoms with Crippen LogP contribution >= 0.6 is 24.8 Å². The second kappa shape index (κ2) is 19.3. The highest BCUT2D eigenvalue weighted by Gasteiger charge is 2.19. The van der Waals surface area contributed by atoms with Gasteiger partial charge in [-0.15, -0.1) is 24.8 Å². The van der Waals surface area contributed by atoms with E-state index in [-0.39, 0.29) is 24.8 Å². The third-order valence-corrected chi connectivity index (χ3v) is 7.61. The van der Waals surface area contributed by atoms with Gasteiger partial charge in [-0.2, -0.15) is 0 Å². The van der Waals surface area contributed by atoms with Crippen LogP contribution in [-0.4, -0.2) is 95.2 Å². The van der Waals surface area contributed by atoms with E-state index in [4.69, 9.17) is 0 Å². The summed E-state index contributed by atoms with van der Waals surface area (Å²) in [7, 11) is 0. The van der Waals surface area contributed by atoms with Crippen molar-refractivity contribution >= 4 is 36.7 Å². The summed E-state index contributed by atoms with van der Waals surface area (Å²) in [6, 6.07) is 3.77. The number of unbranched alkanes of at least 4 members (excludes halogenated alkanes) is 9. The van der Waals surface area contributed by atoms with Crippen LogP contribution in [0.5, 0.6) is 0 Å². The highest BCUT2D eigenvalue weighted by molar-refractivity contribution is 5.85. The number of rotatable bonds is 15. The third kappa shape index (κ3) is 11.6. The summed E-state index contributed by atoms with van der Waals surface area (Å²) in [5.41, 5.74) is 0. The predicted octanol–water partition coefficient (Wildman–Crippen LogP) is 4.96. The lowest BCUT2D eigenvalue weighted by Crippen LogP contribution is -2.47. The average molecular weight is 568 g/mol. The number of halogens is 2. The summed E-state index contributed by atoms with van der Waals surface area (Å²) in [6.07, 6.45) is 21.2. The lowest BCUT2D eigenvalue weighted by molar-refractivity contribution is 0.250. The number of nitrogens with zero attached hydrogens (tertiary/aromatic N) is 8. The van der Waals surface area contributed by atoms with Crippen LogP contribution in [0, 0.1) is 0 Å². The Morgan fingerprint density at radius 2 is 0.711 bits per heavy atom. The SMILES string of the molecule is Cl.Cl.c1cnc(N2CCN(CCCCCCCCCCCCN3CCN(c4ncccn4)CC3)CC2)nc1. The first-order valence-electron chi connectivity index (χ1n) is 14.4. The zero-order valence-corrected chi connectivity index (χ0v) is 24.6. The van der Waals surface area contributed by atoms with Gasteiger partial charge in [-0.25, -0.2) is 19.9 Å². The minimum atomic E-state index is 0. The molecule has 0 bridgehead atoms. The number of hydrogen-bond donors (Lipinski definition) is 0. The quantitative estimate of drug-likeness (QED) is 0.280. The van der Waals surface area contributed by atoms with Crippen molar-refractivity contribution in [3.63, 3.8) is 0 Å². The minimum Gasteiger partial charge on any atom is -0.338 e. The van der Waals surface area contributed by atoms with Crippen molar-refractivity contribution in [2.75, 3.05) is 75.2 Å². The maximum absolute atomic E-state index is 4.38. The van der Waals surface area contributed by atoms with Gasteiger partial charge in [0.25, 0.3) is 0 Å². The normalized spacial score (nSPS) is 16.6. The van der Waals surface area contributed by atoms with E-state index in [1.54, 1.807) is 0 Å². The standard InChI is InChI=1S/C28H46N8.2ClH/c1(3-5-7-9-17-33-19-23-35(24-20-33)27-29-13-11-14-30-27)2-4-6-8-10-18-34-21-25-36(26-22-34)28-31-15-12-16-32-28;;/h11-16H,1-10,17-26H2;2*1H. The zero-order chi connectivity index (χ0) is 24.7. The van der Waals surface area contributed by atoms with E-state index in [2.05, 4.69) is 39.5 Å². The van der Waals surface area contributed by atoms with Crippen LogP contribution in [0.1, 0.15) is 64.2 Å². The molecule has 2 fully saturated rings. The van der Waals surface area contributed by atoms with Crippen LogP contribution in [0.25, 0.3) is 0 Å². The van der Waals surface area contributed by atoms with Gasteiger partial charge < -0.3 is 9.80 Å². The Balaban J connectivity index is 0.00000253. The Bertz CT molecular complexity index is 747. The van der Waals surface area contributed by atoms with Gasteiger partial charge in [0, 0.05) is 77.1 Å². The summed E-state index contributed by atoms with van der Waals surface area (Å²) in [6.45, 7) is 11.2. The summed E-state index contributed by atoms with van der Waals surface area (Å²) < 4.78 is 0. The largest absolute Gasteiger partial charge is 0.338 e. The summed E-state index contributed by atoms with van der Waals surface area (Å²) in [5, 5.41) is 0. The molecule has 4 rings (SSSR count). The Kier molecular flexibility index (Phi) is 16.5. The van der Waals surface area contributed by atoms with Crippen LogP contribution in [0.15, 0.2) is 36.9 Å². The van der Waals surface area contributed by atoms with Crippen molar-refractivity contribution in [1.82, 2.24) is 29.7 Å². The number of piperazine rings is 2. The molecule has 4 heterocycles. The van der Waals surface area contributed by atoms with Crippen molar-refractivity contribution in [1.29, 1.82) is 0 Å². The summed E-state index contributed by atoms with van der Waals surface area (Å²) in [5.74, 6) is 1.76. The van der Waals surface area contributed by atoms with Gasteiger partial charge in [0.15, 0.2) is 0 Å². The molecule has 0 aromatic carbocycles. The van der Waals surface area contributed by atoms with E-state index in [0.717, 1.165) is 64.3 Å². The van der Waals surface area contributed by atoms with Crippen LogP contribution in [0.3, 0.4) is 0 Å². The smallest absolute Gasteiger partial charge is 0.225 e. The molecule has 0 saturated carbocycles. The fourth-order valence-electron chi connectivity index (χ4n) is 5.34. The molecule has 0 amide bonds. The molecule has 0 aliphatic carbocycles. The van der Waals surface area contributed by atoms with E-state index in [9.17, 15) is 0 Å². The molecule has 8 nitrogen and oxygen atoms in total. The molecule has 0 spiro atoms. The molecule has 214 valence electrons. The zero-order valence-electron chi connectivity index (χ0n) is 23.0. The first kappa shape index (κ1) is 32.5. The van der Waals surface area contributed by atoms with E-state index in [0.29, 0.717) is 0 Å². The highest BCUT2D eigenvalue weighted by Crippen LogP contribution is 2.14. The van der Waals surface area contributed by atoms with Crippen molar-refractivity contribution in [3.05, 3.63) is 36.9 Å². The van der Waals surface area contributed by atoms with Gasteiger partial charge in [-0.1, -0.05) is 51.4 Å². The van der Waals surface area contributed by atoms with Crippen molar-refractivity contribution in [2.24, 2.45) is 0 Å². The molecule has 2 aromatic heterocycles. The number of aromatic nitrogens is 4. The lowest BCUT2D eigenvalue weighted by atomic mass is 10.1. The van der Waals surface area contributed by atoms with Crippen molar-refractivity contribution in [3.8, 4) is 0 Å². The van der Waals surface area contributed by atoms with Crippen LogP contribution in [0.2, 0.25) is 0 Å². The molecule has 0 radical (unpaired) electrons. The van der Waals surface area contributed by atoms with Gasteiger partial charge in [0.1, 0.15) is 0 Å². The number of anilines is 2. The fourth-order valence-corrected chi connectivity index (χ4v) is 5.34. The summed E-state index contributed by atoms with van der Waals surface area (Å²) in [4.78, 5) is 27.3. The molecule has 2 aliphatic rings. The predicted molar refractivity (Wildman–Crippen MR) is 162 cm³/mol. The molecular weight excluding hydrogens is 519 g/mol. The maximum Gasteiger partial charge on any atom is 0.225 e. The molecule has 0 atom stereocenters. The first-order valence-corrected chi connectivity index (χ1v) is 14.4. The molecule has 10 heteroatoms.